The van der Waals surface area contributed by atoms with E-state index in [9.17, 15) is 22.8 Å². The molecule has 0 unspecified atom stereocenters. The van der Waals surface area contributed by atoms with Gasteiger partial charge in [-0.25, -0.2) is 0 Å². The minimum atomic E-state index is -4.40. The molecule has 2 aromatic carbocycles. The molecule has 5 nitrogen and oxygen atoms in total. The highest BCUT2D eigenvalue weighted by atomic mass is 19.4. The molecule has 0 saturated carbocycles. The normalized spacial score (nSPS) is 14.8. The Morgan fingerprint density at radius 1 is 1.03 bits per heavy atom. The van der Waals surface area contributed by atoms with Crippen LogP contribution in [0.1, 0.15) is 28.4 Å². The van der Waals surface area contributed by atoms with Crippen molar-refractivity contribution in [2.75, 3.05) is 31.1 Å². The van der Waals surface area contributed by atoms with Gasteiger partial charge in [-0.1, -0.05) is 17.7 Å². The van der Waals surface area contributed by atoms with Gasteiger partial charge in [-0.05, 0) is 44.2 Å². The van der Waals surface area contributed by atoms with Crippen LogP contribution in [0.3, 0.4) is 0 Å². The van der Waals surface area contributed by atoms with Crippen LogP contribution in [0, 0.1) is 6.92 Å². The molecule has 4 rings (SSSR count). The molecule has 1 aliphatic rings. The first kappa shape index (κ1) is 21.9. The molecular weight excluding hydrogens is 419 g/mol. The second kappa shape index (κ2) is 8.33. The van der Waals surface area contributed by atoms with Crippen molar-refractivity contribution < 1.29 is 18.0 Å². The third-order valence-corrected chi connectivity index (χ3v) is 5.91. The van der Waals surface area contributed by atoms with E-state index in [2.05, 4.69) is 0 Å². The summed E-state index contributed by atoms with van der Waals surface area (Å²) < 4.78 is 41.0. The molecular formula is C24H24F3N3O2. The second-order valence-electron chi connectivity index (χ2n) is 8.01. The maximum Gasteiger partial charge on any atom is 0.416 e. The van der Waals surface area contributed by atoms with Gasteiger partial charge in [0.1, 0.15) is 5.56 Å². The van der Waals surface area contributed by atoms with Crippen LogP contribution in [0.4, 0.5) is 18.9 Å². The number of carbonyl (C=O) groups is 1. The highest BCUT2D eigenvalue weighted by Gasteiger charge is 2.31. The molecule has 1 amide bonds. The molecule has 1 aromatic heterocycles. The summed E-state index contributed by atoms with van der Waals surface area (Å²) in [5.74, 6) is -0.343. The first-order valence-corrected chi connectivity index (χ1v) is 10.5. The van der Waals surface area contributed by atoms with Crippen LogP contribution in [-0.2, 0) is 12.7 Å². The fraction of sp³-hybridized carbons (Fsp3) is 0.333. The summed E-state index contributed by atoms with van der Waals surface area (Å²) in [6.45, 7) is 5.90. The van der Waals surface area contributed by atoms with E-state index in [1.54, 1.807) is 23.2 Å². The highest BCUT2D eigenvalue weighted by Crippen LogP contribution is 2.32. The molecule has 1 saturated heterocycles. The molecule has 0 N–H and O–H groups in total. The molecule has 1 aliphatic heterocycles. The Labute approximate surface area is 183 Å². The van der Waals surface area contributed by atoms with Gasteiger partial charge in [0.15, 0.2) is 0 Å². The molecule has 0 bridgehead atoms. The molecule has 168 valence electrons. The van der Waals surface area contributed by atoms with Gasteiger partial charge < -0.3 is 14.4 Å². The monoisotopic (exact) mass is 443 g/mol. The summed E-state index contributed by atoms with van der Waals surface area (Å²) in [5, 5.41) is 0.514. The maximum absolute atomic E-state index is 13.2. The van der Waals surface area contributed by atoms with Crippen LogP contribution >= 0.6 is 0 Å². The van der Waals surface area contributed by atoms with Crippen molar-refractivity contribution in [2.24, 2.45) is 0 Å². The third kappa shape index (κ3) is 4.09. The van der Waals surface area contributed by atoms with Crippen molar-refractivity contribution in [3.63, 3.8) is 0 Å². The van der Waals surface area contributed by atoms with Crippen molar-refractivity contribution in [3.8, 4) is 0 Å². The highest BCUT2D eigenvalue weighted by molar-refractivity contribution is 5.97. The predicted octanol–water partition coefficient (Wildman–Crippen LogP) is 4.31. The van der Waals surface area contributed by atoms with Gasteiger partial charge in [-0.3, -0.25) is 9.59 Å². The molecule has 0 atom stereocenters. The first-order chi connectivity index (χ1) is 15.2. The number of alkyl halides is 3. The summed E-state index contributed by atoms with van der Waals surface area (Å²) in [4.78, 5) is 29.7. The van der Waals surface area contributed by atoms with E-state index >= 15 is 0 Å². The van der Waals surface area contributed by atoms with Crippen LogP contribution < -0.4 is 10.3 Å². The summed E-state index contributed by atoms with van der Waals surface area (Å²) >= 11 is 0. The number of fused-ring (bicyclic) bond motifs is 1. The summed E-state index contributed by atoms with van der Waals surface area (Å²) in [6, 6.07) is 10.8. The number of amides is 1. The number of piperazine rings is 1. The van der Waals surface area contributed by atoms with Crippen LogP contribution in [0.25, 0.3) is 10.9 Å². The number of aromatic nitrogens is 1. The Hall–Kier alpha value is -3.29. The van der Waals surface area contributed by atoms with Crippen molar-refractivity contribution in [1.82, 2.24) is 9.47 Å². The SMILES string of the molecule is CCn1cc(C(=O)N2CCN(c3cccc(C(F)(F)F)c3)CC2)c(=O)c2cc(C)ccc21. The Morgan fingerprint density at radius 2 is 1.75 bits per heavy atom. The topological polar surface area (TPSA) is 45.6 Å². The standard InChI is InChI=1S/C24H24F3N3O2/c1-3-28-15-20(22(31)19-13-16(2)7-8-21(19)28)23(32)30-11-9-29(10-12-30)18-6-4-5-17(14-18)24(25,26)27/h4-8,13-15H,3,9-12H2,1-2H3. The van der Waals surface area contributed by atoms with Crippen LogP contribution in [0.15, 0.2) is 53.5 Å². The van der Waals surface area contributed by atoms with Crippen molar-refractivity contribution in [1.29, 1.82) is 0 Å². The van der Waals surface area contributed by atoms with E-state index in [1.165, 1.54) is 6.07 Å². The number of benzene rings is 2. The second-order valence-corrected chi connectivity index (χ2v) is 8.01. The number of pyridine rings is 1. The number of rotatable bonds is 3. The number of halogens is 3. The lowest BCUT2D eigenvalue weighted by Crippen LogP contribution is -2.49. The molecule has 32 heavy (non-hydrogen) atoms. The fourth-order valence-corrected chi connectivity index (χ4v) is 4.14. The third-order valence-electron chi connectivity index (χ3n) is 5.91. The van der Waals surface area contributed by atoms with Crippen LogP contribution in [0.2, 0.25) is 0 Å². The van der Waals surface area contributed by atoms with E-state index in [1.807, 2.05) is 35.4 Å². The zero-order chi connectivity index (χ0) is 23.0. The number of anilines is 1. The lowest BCUT2D eigenvalue weighted by atomic mass is 10.1. The number of hydrogen-bond donors (Lipinski definition) is 0. The van der Waals surface area contributed by atoms with E-state index in [0.29, 0.717) is 43.8 Å². The molecule has 8 heteroatoms. The van der Waals surface area contributed by atoms with Gasteiger partial charge in [-0.2, -0.15) is 13.2 Å². The number of aryl methyl sites for hydroxylation is 2. The van der Waals surface area contributed by atoms with Crippen molar-refractivity contribution >= 4 is 22.5 Å². The molecule has 0 spiro atoms. The number of carbonyl (C=O) groups excluding carboxylic acids is 1. The Morgan fingerprint density at radius 3 is 2.41 bits per heavy atom. The quantitative estimate of drug-likeness (QED) is 0.606. The van der Waals surface area contributed by atoms with Crippen LogP contribution in [-0.4, -0.2) is 41.6 Å². The van der Waals surface area contributed by atoms with Gasteiger partial charge in [0.25, 0.3) is 5.91 Å². The summed E-state index contributed by atoms with van der Waals surface area (Å²) in [5.41, 5.74) is 1.34. The van der Waals surface area contributed by atoms with Gasteiger partial charge in [0, 0.05) is 50.0 Å². The van der Waals surface area contributed by atoms with Gasteiger partial charge in [0.05, 0.1) is 11.1 Å². The lowest BCUT2D eigenvalue weighted by molar-refractivity contribution is -0.137. The minimum Gasteiger partial charge on any atom is -0.368 e. The molecule has 0 radical (unpaired) electrons. The Bertz CT molecular complexity index is 1230. The molecule has 1 fully saturated rings. The average Bonchev–Trinajstić information content (AvgIpc) is 2.79. The van der Waals surface area contributed by atoms with Gasteiger partial charge >= 0.3 is 6.18 Å². The molecule has 3 aromatic rings. The Kier molecular flexibility index (Phi) is 5.71. The number of hydrogen-bond acceptors (Lipinski definition) is 3. The molecule has 0 aliphatic carbocycles. The van der Waals surface area contributed by atoms with Crippen LogP contribution in [0.5, 0.6) is 0 Å². The maximum atomic E-state index is 13.2. The van der Waals surface area contributed by atoms with Gasteiger partial charge in [0.2, 0.25) is 5.43 Å². The van der Waals surface area contributed by atoms with Crippen molar-refractivity contribution in [2.45, 2.75) is 26.6 Å². The zero-order valence-electron chi connectivity index (χ0n) is 17.9. The summed E-state index contributed by atoms with van der Waals surface area (Å²) in [6.07, 6.45) is -2.79. The molecule has 2 heterocycles. The average molecular weight is 443 g/mol. The first-order valence-electron chi connectivity index (χ1n) is 10.5. The largest absolute Gasteiger partial charge is 0.416 e. The number of nitrogens with zero attached hydrogens (tertiary/aromatic N) is 3. The van der Waals surface area contributed by atoms with Crippen molar-refractivity contribution in [3.05, 3.63) is 75.6 Å². The van der Waals surface area contributed by atoms with Gasteiger partial charge in [-0.15, -0.1) is 0 Å². The minimum absolute atomic E-state index is 0.123. The predicted molar refractivity (Wildman–Crippen MR) is 118 cm³/mol. The smallest absolute Gasteiger partial charge is 0.368 e. The summed E-state index contributed by atoms with van der Waals surface area (Å²) in [7, 11) is 0. The lowest BCUT2D eigenvalue weighted by Gasteiger charge is -2.36. The van der Waals surface area contributed by atoms with E-state index in [0.717, 1.165) is 23.2 Å². The van der Waals surface area contributed by atoms with E-state index in [-0.39, 0.29) is 16.9 Å². The van der Waals surface area contributed by atoms with E-state index < -0.39 is 11.7 Å². The fourth-order valence-electron chi connectivity index (χ4n) is 4.14. The van der Waals surface area contributed by atoms with E-state index in [4.69, 9.17) is 0 Å². The Balaban J connectivity index is 1.56. The zero-order valence-corrected chi connectivity index (χ0v) is 17.9.